The number of nitriles is 2. The normalized spacial score (nSPS) is 21.6. The van der Waals surface area contributed by atoms with Gasteiger partial charge in [-0.3, -0.25) is 0 Å². The number of hydrogen-bond donors (Lipinski definition) is 0. The Hall–Kier alpha value is -4.50. The quantitative estimate of drug-likeness (QED) is 0.108. The largest absolute Gasteiger partial charge is 0.488 e. The molecule has 0 aromatic heterocycles. The van der Waals surface area contributed by atoms with E-state index in [0.717, 1.165) is 24.2 Å². The van der Waals surface area contributed by atoms with E-state index in [1.54, 1.807) is 0 Å². The number of allylic oxidation sites excluding steroid dienone is 7. The predicted octanol–water partition coefficient (Wildman–Crippen LogP) is 12.6. The number of aryl methyl sites for hydroxylation is 1. The molecule has 0 N–H and O–H groups in total. The molecule has 2 aromatic rings. The van der Waals surface area contributed by atoms with Crippen LogP contribution in [-0.4, -0.2) is 5.75 Å². The Morgan fingerprint density at radius 1 is 1.00 bits per heavy atom. The lowest BCUT2D eigenvalue weighted by molar-refractivity contribution is 0.0754. The van der Waals surface area contributed by atoms with E-state index in [0.29, 0.717) is 11.5 Å². The number of benzene rings is 2. The second kappa shape index (κ2) is 16.5. The van der Waals surface area contributed by atoms with Crippen molar-refractivity contribution in [1.82, 2.24) is 0 Å². The van der Waals surface area contributed by atoms with Gasteiger partial charge in [0, 0.05) is 10.5 Å². The Kier molecular flexibility index (Phi) is 12.1. The predicted molar refractivity (Wildman–Crippen MR) is 207 cm³/mol. The zero-order valence-corrected chi connectivity index (χ0v) is 31.1. The minimum absolute atomic E-state index is 0.0603. The lowest BCUT2D eigenvalue weighted by Crippen LogP contribution is -2.23. The van der Waals surface area contributed by atoms with Crippen LogP contribution in [0, 0.1) is 41.6 Å². The first-order chi connectivity index (χ1) is 24.1. The van der Waals surface area contributed by atoms with E-state index in [-0.39, 0.29) is 22.4 Å². The molecule has 1 saturated carbocycles. The third kappa shape index (κ3) is 8.62. The molecule has 0 amide bonds. The summed E-state index contributed by atoms with van der Waals surface area (Å²) in [6.07, 6.45) is 23.4. The molecule has 0 bridgehead atoms. The zero-order chi connectivity index (χ0) is 35.7. The Balaban J connectivity index is 1.44. The fourth-order valence-corrected chi connectivity index (χ4v) is 8.59. The van der Waals surface area contributed by atoms with Gasteiger partial charge in [-0.25, -0.2) is 4.85 Å². The van der Waals surface area contributed by atoms with Gasteiger partial charge in [0.15, 0.2) is 11.3 Å². The van der Waals surface area contributed by atoms with Crippen LogP contribution in [0.25, 0.3) is 10.9 Å². The van der Waals surface area contributed by atoms with Crippen LogP contribution in [0.2, 0.25) is 0 Å². The van der Waals surface area contributed by atoms with Crippen LogP contribution < -0.4 is 0 Å². The molecular formula is C45H49N3OS. The van der Waals surface area contributed by atoms with Gasteiger partial charge in [0.25, 0.3) is 0 Å². The molecule has 5 rings (SSSR count). The molecule has 0 radical (unpaired) electrons. The van der Waals surface area contributed by atoms with Gasteiger partial charge in [-0.15, -0.1) is 11.8 Å². The second-order valence-electron chi connectivity index (χ2n) is 14.8. The number of hydrogen-bond acceptors (Lipinski definition) is 4. The van der Waals surface area contributed by atoms with Gasteiger partial charge >= 0.3 is 0 Å². The summed E-state index contributed by atoms with van der Waals surface area (Å²) in [5.74, 6) is 1.80. The van der Waals surface area contributed by atoms with Crippen molar-refractivity contribution < 1.29 is 4.74 Å². The van der Waals surface area contributed by atoms with Crippen LogP contribution in [0.3, 0.4) is 0 Å². The van der Waals surface area contributed by atoms with Crippen molar-refractivity contribution >= 4 is 17.8 Å². The van der Waals surface area contributed by atoms with Crippen molar-refractivity contribution in [2.24, 2.45) is 5.41 Å². The van der Waals surface area contributed by atoms with Crippen LogP contribution in [0.4, 0.5) is 0 Å². The molecule has 3 aliphatic rings. The average Bonchev–Trinajstić information content (AvgIpc) is 3.40. The van der Waals surface area contributed by atoms with E-state index in [2.05, 4.69) is 99.3 Å². The number of unbranched alkanes of at least 4 members (excludes halogenated alkanes) is 1. The minimum atomic E-state index is -1.02. The van der Waals surface area contributed by atoms with E-state index in [9.17, 15) is 10.5 Å². The monoisotopic (exact) mass is 679 g/mol. The molecule has 5 heteroatoms. The van der Waals surface area contributed by atoms with Crippen molar-refractivity contribution in [3.05, 3.63) is 140 Å². The number of rotatable bonds is 10. The van der Waals surface area contributed by atoms with Gasteiger partial charge in [-0.2, -0.15) is 10.5 Å². The third-order valence-electron chi connectivity index (χ3n) is 10.1. The zero-order valence-electron chi connectivity index (χ0n) is 30.3. The first kappa shape index (κ1) is 36.8. The molecule has 4 nitrogen and oxygen atoms in total. The highest BCUT2D eigenvalue weighted by atomic mass is 32.2. The highest BCUT2D eigenvalue weighted by molar-refractivity contribution is 7.99. The van der Waals surface area contributed by atoms with Gasteiger partial charge in [0.2, 0.25) is 5.70 Å². The fraction of sp³-hybridized carbons (Fsp3) is 0.400. The molecule has 2 aliphatic carbocycles. The Bertz CT molecular complexity index is 1880. The van der Waals surface area contributed by atoms with E-state index in [1.165, 1.54) is 77.7 Å². The molecule has 256 valence electrons. The fourth-order valence-electron chi connectivity index (χ4n) is 7.48. The van der Waals surface area contributed by atoms with Crippen molar-refractivity contribution in [2.45, 2.75) is 109 Å². The van der Waals surface area contributed by atoms with Gasteiger partial charge in [-0.05, 0) is 103 Å². The van der Waals surface area contributed by atoms with E-state index < -0.39 is 5.60 Å². The molecule has 1 aliphatic heterocycles. The smallest absolute Gasteiger partial charge is 0.237 e. The molecule has 2 aromatic carbocycles. The van der Waals surface area contributed by atoms with Gasteiger partial charge in [0.05, 0.1) is 6.57 Å². The summed E-state index contributed by atoms with van der Waals surface area (Å²) in [4.78, 5) is 5.18. The van der Waals surface area contributed by atoms with E-state index in [4.69, 9.17) is 11.3 Å². The van der Waals surface area contributed by atoms with Crippen molar-refractivity contribution in [3.63, 3.8) is 0 Å². The average molecular weight is 680 g/mol. The van der Waals surface area contributed by atoms with Crippen LogP contribution in [0.1, 0.15) is 114 Å². The van der Waals surface area contributed by atoms with Crippen molar-refractivity contribution in [3.8, 4) is 12.1 Å². The number of nitrogens with zero attached hydrogens (tertiary/aromatic N) is 3. The maximum atomic E-state index is 9.73. The summed E-state index contributed by atoms with van der Waals surface area (Å²) in [5, 5.41) is 19.5. The summed E-state index contributed by atoms with van der Waals surface area (Å²) in [5.41, 5.74) is 7.01. The molecule has 1 unspecified atom stereocenters. The first-order valence-corrected chi connectivity index (χ1v) is 19.0. The molecular weight excluding hydrogens is 631 g/mol. The number of thioether (sulfide) groups is 1. The first-order valence-electron chi connectivity index (χ1n) is 18.1. The molecule has 1 atom stereocenters. The van der Waals surface area contributed by atoms with Crippen LogP contribution >= 0.6 is 11.8 Å². The summed E-state index contributed by atoms with van der Waals surface area (Å²) in [6, 6.07) is 19.2. The lowest BCUT2D eigenvalue weighted by Gasteiger charge is -2.30. The van der Waals surface area contributed by atoms with E-state index >= 15 is 0 Å². The van der Waals surface area contributed by atoms with Crippen LogP contribution in [0.5, 0.6) is 0 Å². The topological polar surface area (TPSA) is 61.2 Å². The molecule has 0 spiro atoms. The summed E-state index contributed by atoms with van der Waals surface area (Å²) in [7, 11) is 0. The lowest BCUT2D eigenvalue weighted by atomic mass is 9.75. The highest BCUT2D eigenvalue weighted by Gasteiger charge is 2.43. The SMILES string of the molecule is [C-]#[N+]C1=C(/C=C/C=C2C=C(/C=C/c3ccc(SCCCC)c(C)c3)CC(C)(C)C/2)C(C)(c2ccc(C3CCCCC3)cc2)OC1=C(C#N)C#N. The third-order valence-corrected chi connectivity index (χ3v) is 11.4. The van der Waals surface area contributed by atoms with Crippen molar-refractivity contribution in [2.75, 3.05) is 5.75 Å². The Morgan fingerprint density at radius 3 is 2.40 bits per heavy atom. The Morgan fingerprint density at radius 2 is 1.74 bits per heavy atom. The standard InChI is InChI=1S/C45H49N3OS/c1-7-8-25-50-41-24-19-33(26-32(41)2)17-18-35-27-34(28-44(3,4)29-35)13-12-16-40-42(48-6)43(38(30-46)31-47)49-45(40,5)39-22-20-37(21-23-39)36-14-10-9-11-15-36/h12-13,16-24,26-27,36H,7-11,14-15,25,28-29H2,1-5H3/b16-12+,18-17+,34-13-. The minimum Gasteiger partial charge on any atom is -0.488 e. The van der Waals surface area contributed by atoms with Crippen LogP contribution in [0.15, 0.2) is 111 Å². The maximum absolute atomic E-state index is 9.73. The highest BCUT2D eigenvalue weighted by Crippen LogP contribution is 2.48. The molecule has 1 heterocycles. The van der Waals surface area contributed by atoms with Gasteiger partial charge in [0.1, 0.15) is 17.7 Å². The number of ether oxygens (including phenoxy) is 1. The summed E-state index contributed by atoms with van der Waals surface area (Å²) < 4.78 is 6.44. The van der Waals surface area contributed by atoms with E-state index in [1.807, 2.05) is 43.0 Å². The van der Waals surface area contributed by atoms with Crippen LogP contribution in [-0.2, 0) is 10.3 Å². The molecule has 1 fully saturated rings. The Labute approximate surface area is 304 Å². The van der Waals surface area contributed by atoms with Gasteiger partial charge < -0.3 is 4.74 Å². The molecule has 50 heavy (non-hydrogen) atoms. The maximum Gasteiger partial charge on any atom is 0.237 e. The van der Waals surface area contributed by atoms with Crippen molar-refractivity contribution in [1.29, 1.82) is 10.5 Å². The molecule has 0 saturated heterocycles. The second-order valence-corrected chi connectivity index (χ2v) is 15.9. The summed E-state index contributed by atoms with van der Waals surface area (Å²) in [6.45, 7) is 19.0. The van der Waals surface area contributed by atoms with Gasteiger partial charge in [-0.1, -0.05) is 119 Å². The summed E-state index contributed by atoms with van der Waals surface area (Å²) >= 11 is 1.94.